The van der Waals surface area contributed by atoms with Crippen LogP contribution in [0.15, 0.2) is 53.0 Å². The lowest BCUT2D eigenvalue weighted by Crippen LogP contribution is -2.44. The van der Waals surface area contributed by atoms with Crippen LogP contribution in [0.2, 0.25) is 18.1 Å². The number of hydrogen-bond acceptors (Lipinski definition) is 4. The summed E-state index contributed by atoms with van der Waals surface area (Å²) in [5.41, 5.74) is 1.71. The highest BCUT2D eigenvalue weighted by Gasteiger charge is 2.39. The Morgan fingerprint density at radius 3 is 2.47 bits per heavy atom. The summed E-state index contributed by atoms with van der Waals surface area (Å²) in [5.74, 6) is 1.45. The molecular formula is C24H31BrO4Si. The summed E-state index contributed by atoms with van der Waals surface area (Å²) in [6.45, 7) is 11.2. The number of allylic oxidation sites excluding steroid dienone is 1. The van der Waals surface area contributed by atoms with E-state index in [9.17, 15) is 4.79 Å². The van der Waals surface area contributed by atoms with Gasteiger partial charge in [-0.2, -0.15) is 0 Å². The van der Waals surface area contributed by atoms with E-state index in [0.29, 0.717) is 5.75 Å². The molecule has 0 aliphatic heterocycles. The minimum Gasteiger partial charge on any atom is -0.543 e. The van der Waals surface area contributed by atoms with Crippen molar-refractivity contribution in [3.63, 3.8) is 0 Å². The summed E-state index contributed by atoms with van der Waals surface area (Å²) in [4.78, 5) is 12.7. The third-order valence-corrected chi connectivity index (χ3v) is 10.2. The first-order valence-electron chi connectivity index (χ1n) is 9.93. The molecule has 2 rings (SSSR count). The maximum Gasteiger partial charge on any atom is 0.250 e. The van der Waals surface area contributed by atoms with E-state index in [4.69, 9.17) is 13.9 Å². The second kappa shape index (κ2) is 10.4. The second-order valence-corrected chi connectivity index (χ2v) is 14.2. The molecule has 6 heteroatoms. The van der Waals surface area contributed by atoms with Crippen LogP contribution < -0.4 is 9.16 Å². The maximum absolute atomic E-state index is 12.7. The van der Waals surface area contributed by atoms with Crippen LogP contribution in [0.3, 0.4) is 0 Å². The number of halogens is 1. The van der Waals surface area contributed by atoms with Crippen molar-refractivity contribution in [2.45, 2.75) is 45.3 Å². The first-order chi connectivity index (χ1) is 14.0. The number of para-hydroxylation sites is 2. The number of ether oxygens (including phenoxy) is 2. The highest BCUT2D eigenvalue weighted by molar-refractivity contribution is 9.10. The van der Waals surface area contributed by atoms with Crippen LogP contribution in [0.25, 0.3) is 6.08 Å². The van der Waals surface area contributed by atoms with Gasteiger partial charge in [0.2, 0.25) is 8.32 Å². The van der Waals surface area contributed by atoms with Crippen LogP contribution >= 0.6 is 15.9 Å². The largest absolute Gasteiger partial charge is 0.543 e. The molecule has 0 bridgehead atoms. The summed E-state index contributed by atoms with van der Waals surface area (Å²) >= 11 is 3.48. The van der Waals surface area contributed by atoms with Gasteiger partial charge in [-0.15, -0.1) is 0 Å². The molecule has 0 aromatic heterocycles. The molecule has 0 N–H and O–H groups in total. The first kappa shape index (κ1) is 24.4. The molecule has 162 valence electrons. The molecule has 0 amide bonds. The molecule has 0 spiro atoms. The highest BCUT2D eigenvalue weighted by atomic mass is 79.9. The smallest absolute Gasteiger partial charge is 0.250 e. The standard InChI is InChI=1S/C24H31BrO4Si/c1-24(2,3)30(5,6)29-22-13-8-7-10-19(22)16-20(26)15-14-18-11-9-12-21(25)23(18)28-17-27-4/h7-15H,16-17H2,1-6H3/b15-14+. The van der Waals surface area contributed by atoms with E-state index in [1.165, 1.54) is 0 Å². The summed E-state index contributed by atoms with van der Waals surface area (Å²) in [6, 6.07) is 13.5. The average Bonchev–Trinajstić information content (AvgIpc) is 2.66. The van der Waals surface area contributed by atoms with Crippen LogP contribution in [-0.2, 0) is 16.0 Å². The van der Waals surface area contributed by atoms with Gasteiger partial charge in [0.15, 0.2) is 12.6 Å². The summed E-state index contributed by atoms with van der Waals surface area (Å²) in [7, 11) is -0.420. The Hall–Kier alpha value is -1.89. The van der Waals surface area contributed by atoms with Crippen molar-refractivity contribution >= 4 is 36.1 Å². The fraction of sp³-hybridized carbons (Fsp3) is 0.375. The van der Waals surface area contributed by atoms with E-state index < -0.39 is 8.32 Å². The zero-order valence-corrected chi connectivity index (χ0v) is 21.2. The quantitative estimate of drug-likeness (QED) is 0.224. The zero-order chi connectivity index (χ0) is 22.4. The summed E-state index contributed by atoms with van der Waals surface area (Å²) < 4.78 is 17.9. The maximum atomic E-state index is 12.7. The minimum atomic E-state index is -1.99. The third kappa shape index (κ3) is 6.55. The Kier molecular flexibility index (Phi) is 8.47. The van der Waals surface area contributed by atoms with Gasteiger partial charge in [0.25, 0.3) is 0 Å². The normalized spacial score (nSPS) is 12.2. The van der Waals surface area contributed by atoms with Crippen molar-refractivity contribution in [3.8, 4) is 11.5 Å². The van der Waals surface area contributed by atoms with Gasteiger partial charge in [-0.25, -0.2) is 0 Å². The van der Waals surface area contributed by atoms with Gasteiger partial charge >= 0.3 is 0 Å². The molecule has 4 nitrogen and oxygen atoms in total. The van der Waals surface area contributed by atoms with Gasteiger partial charge in [-0.05, 0) is 58.3 Å². The molecular weight excluding hydrogens is 460 g/mol. The predicted molar refractivity (Wildman–Crippen MR) is 129 cm³/mol. The van der Waals surface area contributed by atoms with Crippen molar-refractivity contribution < 1.29 is 18.7 Å². The Labute approximate surface area is 189 Å². The first-order valence-corrected chi connectivity index (χ1v) is 13.6. The van der Waals surface area contributed by atoms with E-state index in [0.717, 1.165) is 21.3 Å². The number of benzene rings is 2. The fourth-order valence-electron chi connectivity index (χ4n) is 2.53. The lowest BCUT2D eigenvalue weighted by Gasteiger charge is -2.37. The monoisotopic (exact) mass is 490 g/mol. The highest BCUT2D eigenvalue weighted by Crippen LogP contribution is 2.38. The van der Waals surface area contributed by atoms with Crippen LogP contribution in [0.5, 0.6) is 11.5 Å². The molecule has 0 unspecified atom stereocenters. The lowest BCUT2D eigenvalue weighted by molar-refractivity contribution is -0.113. The van der Waals surface area contributed by atoms with E-state index in [-0.39, 0.29) is 24.0 Å². The van der Waals surface area contributed by atoms with E-state index >= 15 is 0 Å². The van der Waals surface area contributed by atoms with Gasteiger partial charge in [-0.3, -0.25) is 4.79 Å². The molecule has 2 aromatic carbocycles. The van der Waals surface area contributed by atoms with Crippen LogP contribution in [-0.4, -0.2) is 28.0 Å². The summed E-state index contributed by atoms with van der Waals surface area (Å²) in [5, 5.41) is 0.0866. The topological polar surface area (TPSA) is 44.8 Å². The second-order valence-electron chi connectivity index (χ2n) is 8.66. The van der Waals surface area contributed by atoms with Crippen molar-refractivity contribution in [2.75, 3.05) is 13.9 Å². The fourth-order valence-corrected chi connectivity index (χ4v) is 4.08. The minimum absolute atomic E-state index is 0.000974. The molecule has 0 aliphatic rings. The Balaban J connectivity index is 2.18. The van der Waals surface area contributed by atoms with Crippen molar-refractivity contribution in [1.29, 1.82) is 0 Å². The molecule has 0 saturated carbocycles. The third-order valence-electron chi connectivity index (χ3n) is 5.28. The molecule has 30 heavy (non-hydrogen) atoms. The number of hydrogen-bond donors (Lipinski definition) is 0. The van der Waals surface area contributed by atoms with E-state index in [2.05, 4.69) is 49.8 Å². The van der Waals surface area contributed by atoms with Crippen molar-refractivity contribution in [1.82, 2.24) is 0 Å². The van der Waals surface area contributed by atoms with Crippen molar-refractivity contribution in [3.05, 3.63) is 64.1 Å². The van der Waals surface area contributed by atoms with Gasteiger partial charge < -0.3 is 13.9 Å². The Morgan fingerprint density at radius 2 is 1.80 bits per heavy atom. The van der Waals surface area contributed by atoms with Gasteiger partial charge in [0.1, 0.15) is 11.5 Å². The van der Waals surface area contributed by atoms with E-state index in [1.807, 2.05) is 42.5 Å². The Bertz CT molecular complexity index is 900. The number of methoxy groups -OCH3 is 1. The predicted octanol–water partition coefficient (Wildman–Crippen LogP) is 6.64. The lowest BCUT2D eigenvalue weighted by atomic mass is 10.1. The van der Waals surface area contributed by atoms with Crippen LogP contribution in [0, 0.1) is 0 Å². The number of carbonyl (C=O) groups is 1. The molecule has 0 atom stereocenters. The van der Waals surface area contributed by atoms with Crippen LogP contribution in [0.1, 0.15) is 31.9 Å². The molecule has 0 heterocycles. The number of rotatable bonds is 9. The molecule has 0 radical (unpaired) electrons. The SMILES string of the molecule is COCOc1c(Br)cccc1/C=C/C(=O)Cc1ccccc1O[Si](C)(C)C(C)(C)C. The van der Waals surface area contributed by atoms with E-state index in [1.54, 1.807) is 19.3 Å². The molecule has 0 aliphatic carbocycles. The van der Waals surface area contributed by atoms with Crippen LogP contribution in [0.4, 0.5) is 0 Å². The molecule has 0 saturated heterocycles. The van der Waals surface area contributed by atoms with Gasteiger partial charge in [0.05, 0.1) is 4.47 Å². The average molecular weight is 491 g/mol. The summed E-state index contributed by atoms with van der Waals surface area (Å²) in [6.07, 6.45) is 3.64. The van der Waals surface area contributed by atoms with Gasteiger partial charge in [0, 0.05) is 24.7 Å². The number of ketones is 1. The van der Waals surface area contributed by atoms with Gasteiger partial charge in [-0.1, -0.05) is 51.1 Å². The van der Waals surface area contributed by atoms with Crippen molar-refractivity contribution in [2.24, 2.45) is 0 Å². The zero-order valence-electron chi connectivity index (χ0n) is 18.6. The molecule has 0 fully saturated rings. The Morgan fingerprint density at radius 1 is 1.10 bits per heavy atom. The number of carbonyl (C=O) groups excluding carboxylic acids is 1. The molecule has 2 aromatic rings.